The Labute approximate surface area is 190 Å². The number of piperazine rings is 1. The second kappa shape index (κ2) is 9.45. The van der Waals surface area contributed by atoms with Gasteiger partial charge in [-0.3, -0.25) is 9.69 Å². The first-order valence-electron chi connectivity index (χ1n) is 11.8. The molecule has 4 heterocycles. The third kappa shape index (κ3) is 5.40. The summed E-state index contributed by atoms with van der Waals surface area (Å²) in [6, 6.07) is 0.137. The Morgan fingerprint density at radius 3 is 2.29 bits per heavy atom. The van der Waals surface area contributed by atoms with E-state index in [9.17, 15) is 9.59 Å². The third-order valence-corrected chi connectivity index (χ3v) is 8.00. The highest BCUT2D eigenvalue weighted by Crippen LogP contribution is 2.26. The van der Waals surface area contributed by atoms with Gasteiger partial charge in [0.2, 0.25) is 5.91 Å². The quantitative estimate of drug-likeness (QED) is 0.715. The van der Waals surface area contributed by atoms with E-state index in [1.165, 1.54) is 5.01 Å². The highest BCUT2D eigenvalue weighted by Gasteiger charge is 2.34. The molecule has 172 valence electrons. The van der Waals surface area contributed by atoms with Crippen LogP contribution in [0.3, 0.4) is 0 Å². The zero-order valence-electron chi connectivity index (χ0n) is 19.3. The molecule has 0 N–H and O–H groups in total. The number of hydrogen-bond donors (Lipinski definition) is 0. The van der Waals surface area contributed by atoms with Gasteiger partial charge in [0.25, 0.3) is 0 Å². The summed E-state index contributed by atoms with van der Waals surface area (Å²) in [6.45, 7) is 13.9. The Morgan fingerprint density at radius 2 is 1.65 bits per heavy atom. The molecule has 0 radical (unpaired) electrons. The molecule has 8 heteroatoms. The zero-order valence-corrected chi connectivity index (χ0v) is 20.1. The number of carbonyl (C=O) groups excluding carboxylic acids is 2. The maximum atomic E-state index is 13.2. The molecule has 1 unspecified atom stereocenters. The van der Waals surface area contributed by atoms with E-state index >= 15 is 0 Å². The van der Waals surface area contributed by atoms with Crippen molar-refractivity contribution in [2.45, 2.75) is 58.4 Å². The molecule has 31 heavy (non-hydrogen) atoms. The van der Waals surface area contributed by atoms with E-state index in [0.717, 1.165) is 83.7 Å². The third-order valence-electron chi connectivity index (χ3n) is 6.68. The Bertz CT molecular complexity index is 775. The number of rotatable bonds is 3. The van der Waals surface area contributed by atoms with E-state index in [2.05, 4.69) is 31.1 Å². The number of amides is 3. The molecule has 0 bridgehead atoms. The van der Waals surface area contributed by atoms with Crippen LogP contribution in [0.1, 0.15) is 57.2 Å². The number of nitrogens with zero attached hydrogens (tertiary/aromatic N) is 5. The molecular formula is C23H37N5O2S. The van der Waals surface area contributed by atoms with E-state index < -0.39 is 0 Å². The maximum absolute atomic E-state index is 13.2. The van der Waals surface area contributed by atoms with Gasteiger partial charge in [-0.1, -0.05) is 20.8 Å². The van der Waals surface area contributed by atoms with Crippen molar-refractivity contribution in [1.82, 2.24) is 24.6 Å². The standard InChI is InChI=1S/C23H37N5O2S/c1-23(2,3)21-24-19(17-31-21)16-25-11-13-26(14-12-25)20(29)18-7-6-10-28(15-18)22(30)27-8-4-5-9-27/h17-18H,4-16H2,1-3H3. The summed E-state index contributed by atoms with van der Waals surface area (Å²) in [5.41, 5.74) is 1.23. The van der Waals surface area contributed by atoms with Gasteiger partial charge in [0.15, 0.2) is 0 Å². The van der Waals surface area contributed by atoms with Gasteiger partial charge in [-0.15, -0.1) is 11.3 Å². The van der Waals surface area contributed by atoms with Crippen LogP contribution in [0.15, 0.2) is 5.38 Å². The van der Waals surface area contributed by atoms with Crippen molar-refractivity contribution in [3.63, 3.8) is 0 Å². The SMILES string of the molecule is CC(C)(C)c1nc(CN2CCN(C(=O)C3CCCN(C(=O)N4CCCC4)C3)CC2)cs1. The van der Waals surface area contributed by atoms with Gasteiger partial charge in [0.05, 0.1) is 16.6 Å². The van der Waals surface area contributed by atoms with Crippen molar-refractivity contribution in [3.8, 4) is 0 Å². The number of likely N-dealkylation sites (tertiary alicyclic amines) is 2. The molecular weight excluding hydrogens is 410 g/mol. The molecule has 3 fully saturated rings. The second-order valence-corrected chi connectivity index (χ2v) is 11.1. The number of hydrogen-bond acceptors (Lipinski definition) is 5. The molecule has 3 aliphatic heterocycles. The number of urea groups is 1. The molecule has 7 nitrogen and oxygen atoms in total. The minimum absolute atomic E-state index is 0.0419. The highest BCUT2D eigenvalue weighted by atomic mass is 32.1. The van der Waals surface area contributed by atoms with Crippen molar-refractivity contribution in [1.29, 1.82) is 0 Å². The van der Waals surface area contributed by atoms with Gasteiger partial charge < -0.3 is 14.7 Å². The van der Waals surface area contributed by atoms with Gasteiger partial charge in [-0.2, -0.15) is 0 Å². The summed E-state index contributed by atoms with van der Waals surface area (Å²) in [5, 5.41) is 3.35. The largest absolute Gasteiger partial charge is 0.340 e. The fourth-order valence-electron chi connectivity index (χ4n) is 4.80. The van der Waals surface area contributed by atoms with E-state index in [0.29, 0.717) is 6.54 Å². The fourth-order valence-corrected chi connectivity index (χ4v) is 5.70. The molecule has 0 saturated carbocycles. The molecule has 3 amide bonds. The van der Waals surface area contributed by atoms with Crippen LogP contribution in [0.25, 0.3) is 0 Å². The van der Waals surface area contributed by atoms with Crippen LogP contribution >= 0.6 is 11.3 Å². The Morgan fingerprint density at radius 1 is 0.968 bits per heavy atom. The molecule has 0 aromatic carbocycles. The Kier molecular flexibility index (Phi) is 6.86. The lowest BCUT2D eigenvalue weighted by Crippen LogP contribution is -2.54. The summed E-state index contributed by atoms with van der Waals surface area (Å²) in [5.74, 6) is 0.196. The molecule has 1 aromatic rings. The summed E-state index contributed by atoms with van der Waals surface area (Å²) in [4.78, 5) is 39.0. The first kappa shape index (κ1) is 22.5. The lowest BCUT2D eigenvalue weighted by Gasteiger charge is -2.39. The van der Waals surface area contributed by atoms with Crippen LogP contribution in [-0.4, -0.2) is 88.9 Å². The van der Waals surface area contributed by atoms with E-state index in [-0.39, 0.29) is 23.3 Å². The van der Waals surface area contributed by atoms with Crippen LogP contribution in [0, 0.1) is 5.92 Å². The maximum Gasteiger partial charge on any atom is 0.320 e. The second-order valence-electron chi connectivity index (χ2n) is 10.3. The first-order valence-corrected chi connectivity index (χ1v) is 12.7. The van der Waals surface area contributed by atoms with Crippen molar-refractivity contribution in [2.24, 2.45) is 5.92 Å². The lowest BCUT2D eigenvalue weighted by molar-refractivity contribution is -0.138. The molecule has 1 aromatic heterocycles. The number of aromatic nitrogens is 1. The van der Waals surface area contributed by atoms with Gasteiger partial charge in [0.1, 0.15) is 0 Å². The molecule has 3 saturated heterocycles. The zero-order chi connectivity index (χ0) is 22.0. The van der Waals surface area contributed by atoms with Gasteiger partial charge in [-0.25, -0.2) is 9.78 Å². The summed E-state index contributed by atoms with van der Waals surface area (Å²) >= 11 is 1.74. The van der Waals surface area contributed by atoms with Crippen molar-refractivity contribution < 1.29 is 9.59 Å². The first-order chi connectivity index (χ1) is 14.8. The smallest absolute Gasteiger partial charge is 0.320 e. The molecule has 3 aliphatic rings. The lowest BCUT2D eigenvalue weighted by atomic mass is 9.96. The molecule has 0 aliphatic carbocycles. The summed E-state index contributed by atoms with van der Waals surface area (Å²) < 4.78 is 0. The summed E-state index contributed by atoms with van der Waals surface area (Å²) in [7, 11) is 0. The van der Waals surface area contributed by atoms with E-state index in [4.69, 9.17) is 4.98 Å². The minimum atomic E-state index is -0.0419. The number of carbonyl (C=O) groups is 2. The molecule has 4 rings (SSSR count). The highest BCUT2D eigenvalue weighted by molar-refractivity contribution is 7.09. The van der Waals surface area contributed by atoms with Crippen molar-refractivity contribution in [2.75, 3.05) is 52.4 Å². The number of piperidine rings is 1. The Balaban J connectivity index is 1.26. The van der Waals surface area contributed by atoms with Gasteiger partial charge in [-0.05, 0) is 25.7 Å². The minimum Gasteiger partial charge on any atom is -0.340 e. The van der Waals surface area contributed by atoms with Crippen LogP contribution in [0.4, 0.5) is 4.79 Å². The van der Waals surface area contributed by atoms with E-state index in [1.54, 1.807) is 11.3 Å². The van der Waals surface area contributed by atoms with Crippen molar-refractivity contribution in [3.05, 3.63) is 16.1 Å². The molecule has 0 spiro atoms. The van der Waals surface area contributed by atoms with E-state index in [1.807, 2.05) is 14.7 Å². The van der Waals surface area contributed by atoms with Crippen LogP contribution in [-0.2, 0) is 16.8 Å². The van der Waals surface area contributed by atoms with Crippen LogP contribution in [0.2, 0.25) is 0 Å². The monoisotopic (exact) mass is 447 g/mol. The summed E-state index contributed by atoms with van der Waals surface area (Å²) in [6.07, 6.45) is 4.03. The normalized spacial score (nSPS) is 23.5. The average Bonchev–Trinajstić information content (AvgIpc) is 3.45. The topological polar surface area (TPSA) is 60.0 Å². The van der Waals surface area contributed by atoms with Gasteiger partial charge >= 0.3 is 6.03 Å². The van der Waals surface area contributed by atoms with Crippen molar-refractivity contribution >= 4 is 23.3 Å². The predicted molar refractivity (Wildman–Crippen MR) is 123 cm³/mol. The predicted octanol–water partition coefficient (Wildman–Crippen LogP) is 3.01. The Hall–Kier alpha value is -1.67. The number of thiazole rings is 1. The van der Waals surface area contributed by atoms with Crippen LogP contribution < -0.4 is 0 Å². The molecule has 1 atom stereocenters. The van der Waals surface area contributed by atoms with Crippen LogP contribution in [0.5, 0.6) is 0 Å². The fraction of sp³-hybridized carbons (Fsp3) is 0.783. The van der Waals surface area contributed by atoms with Gasteiger partial charge in [0, 0.05) is 69.7 Å². The average molecular weight is 448 g/mol.